The SMILES string of the molecule is CCOc1ccc(-c2ccc(C3=CCC(c4ccc(C(O)CC)c(F)c4F)CC3)c(F)c2F)c(F)c1F. The highest BCUT2D eigenvalue weighted by atomic mass is 19.2. The zero-order valence-corrected chi connectivity index (χ0v) is 20.4. The minimum Gasteiger partial charge on any atom is -0.491 e. The number of aliphatic hydroxyl groups is 1. The normalized spacial score (nSPS) is 16.5. The van der Waals surface area contributed by atoms with Crippen molar-refractivity contribution in [2.75, 3.05) is 6.61 Å². The lowest BCUT2D eigenvalue weighted by Gasteiger charge is -2.24. The highest BCUT2D eigenvalue weighted by Gasteiger charge is 2.27. The van der Waals surface area contributed by atoms with E-state index in [4.69, 9.17) is 4.74 Å². The molecule has 0 saturated carbocycles. The van der Waals surface area contributed by atoms with Crippen molar-refractivity contribution in [3.05, 3.63) is 94.1 Å². The van der Waals surface area contributed by atoms with Gasteiger partial charge in [-0.1, -0.05) is 37.3 Å². The summed E-state index contributed by atoms with van der Waals surface area (Å²) in [6, 6.07) is 7.60. The molecule has 0 spiro atoms. The van der Waals surface area contributed by atoms with Crippen LogP contribution in [0.25, 0.3) is 16.7 Å². The molecule has 37 heavy (non-hydrogen) atoms. The van der Waals surface area contributed by atoms with Gasteiger partial charge in [0.15, 0.2) is 34.8 Å². The maximum Gasteiger partial charge on any atom is 0.201 e. The van der Waals surface area contributed by atoms with E-state index in [1.807, 2.05) is 0 Å². The second kappa shape index (κ2) is 11.0. The fourth-order valence-corrected chi connectivity index (χ4v) is 4.75. The summed E-state index contributed by atoms with van der Waals surface area (Å²) in [4.78, 5) is 0. The van der Waals surface area contributed by atoms with E-state index in [9.17, 15) is 22.7 Å². The van der Waals surface area contributed by atoms with E-state index in [-0.39, 0.29) is 54.2 Å². The highest BCUT2D eigenvalue weighted by Crippen LogP contribution is 2.40. The molecule has 0 fully saturated rings. The predicted molar refractivity (Wildman–Crippen MR) is 129 cm³/mol. The van der Waals surface area contributed by atoms with Gasteiger partial charge in [0, 0.05) is 22.3 Å². The van der Waals surface area contributed by atoms with Gasteiger partial charge in [-0.15, -0.1) is 0 Å². The average Bonchev–Trinajstić information content (AvgIpc) is 2.90. The molecule has 0 aromatic heterocycles. The quantitative estimate of drug-likeness (QED) is 0.317. The fraction of sp³-hybridized carbons (Fsp3) is 0.310. The first-order valence-electron chi connectivity index (χ1n) is 12.1. The molecule has 2 atom stereocenters. The highest BCUT2D eigenvalue weighted by molar-refractivity contribution is 5.73. The van der Waals surface area contributed by atoms with Crippen LogP contribution in [0.2, 0.25) is 0 Å². The molecule has 0 amide bonds. The summed E-state index contributed by atoms with van der Waals surface area (Å²) in [6.45, 7) is 3.37. The van der Waals surface area contributed by atoms with E-state index in [2.05, 4.69) is 0 Å². The third kappa shape index (κ3) is 4.99. The van der Waals surface area contributed by atoms with E-state index < -0.39 is 52.1 Å². The molecule has 3 aromatic carbocycles. The predicted octanol–water partition coefficient (Wildman–Crippen LogP) is 8.38. The van der Waals surface area contributed by atoms with Crippen LogP contribution in [0.1, 0.15) is 68.2 Å². The second-order valence-electron chi connectivity index (χ2n) is 8.96. The molecule has 2 nitrogen and oxygen atoms in total. The molecule has 3 aromatic rings. The van der Waals surface area contributed by atoms with Crippen LogP contribution >= 0.6 is 0 Å². The number of halogens is 6. The van der Waals surface area contributed by atoms with Gasteiger partial charge in [0.05, 0.1) is 12.7 Å². The van der Waals surface area contributed by atoms with Crippen LogP contribution in [-0.4, -0.2) is 11.7 Å². The van der Waals surface area contributed by atoms with E-state index in [1.165, 1.54) is 24.3 Å². The molecular formula is C29H26F6O2. The van der Waals surface area contributed by atoms with Crippen LogP contribution in [0, 0.1) is 34.9 Å². The molecule has 1 aliphatic rings. The molecule has 0 heterocycles. The summed E-state index contributed by atoms with van der Waals surface area (Å²) in [5.74, 6) is -7.95. The summed E-state index contributed by atoms with van der Waals surface area (Å²) in [5.41, 5.74) is -0.346. The third-order valence-corrected chi connectivity index (χ3v) is 6.80. The first-order chi connectivity index (χ1) is 17.7. The number of hydrogen-bond donors (Lipinski definition) is 1. The lowest BCUT2D eigenvalue weighted by atomic mass is 9.81. The van der Waals surface area contributed by atoms with Crippen LogP contribution in [0.3, 0.4) is 0 Å². The standard InChI is InChI=1S/C29H26F6O2/c1-3-22(36)21-12-10-18(25(31)28(21)34)16-7-5-15(6-8-16)17-9-11-19(26(32)24(17)30)20-13-14-23(37-4-2)29(35)27(20)33/h5,9-14,16,22,36H,3-4,6-8H2,1-2H3. The Balaban J connectivity index is 1.60. The summed E-state index contributed by atoms with van der Waals surface area (Å²) < 4.78 is 93.1. The van der Waals surface area contributed by atoms with Crippen LogP contribution in [0.4, 0.5) is 26.3 Å². The molecule has 0 bridgehead atoms. The van der Waals surface area contributed by atoms with E-state index >= 15 is 8.78 Å². The minimum atomic E-state index is -1.34. The Morgan fingerprint density at radius 1 is 0.784 bits per heavy atom. The van der Waals surface area contributed by atoms with Crippen molar-refractivity contribution < 1.29 is 36.2 Å². The Morgan fingerprint density at radius 2 is 1.41 bits per heavy atom. The summed E-state index contributed by atoms with van der Waals surface area (Å²) >= 11 is 0. The third-order valence-electron chi connectivity index (χ3n) is 6.80. The maximum absolute atomic E-state index is 15.1. The Labute approximate surface area is 211 Å². The Morgan fingerprint density at radius 3 is 2.03 bits per heavy atom. The molecule has 1 N–H and O–H groups in total. The zero-order chi connectivity index (χ0) is 26.9. The molecule has 0 radical (unpaired) electrons. The maximum atomic E-state index is 15.1. The van der Waals surface area contributed by atoms with Gasteiger partial charge in [0.25, 0.3) is 0 Å². The van der Waals surface area contributed by atoms with Crippen LogP contribution in [0.15, 0.2) is 42.5 Å². The van der Waals surface area contributed by atoms with Gasteiger partial charge in [-0.05, 0) is 61.8 Å². The van der Waals surface area contributed by atoms with Gasteiger partial charge in [0.2, 0.25) is 5.82 Å². The molecule has 0 saturated heterocycles. The second-order valence-corrected chi connectivity index (χ2v) is 8.96. The van der Waals surface area contributed by atoms with Crippen LogP contribution < -0.4 is 4.74 Å². The van der Waals surface area contributed by atoms with Crippen molar-refractivity contribution >= 4 is 5.57 Å². The van der Waals surface area contributed by atoms with Gasteiger partial charge in [-0.2, -0.15) is 4.39 Å². The van der Waals surface area contributed by atoms with Crippen LogP contribution in [-0.2, 0) is 0 Å². The summed E-state index contributed by atoms with van der Waals surface area (Å²) in [7, 11) is 0. The lowest BCUT2D eigenvalue weighted by molar-refractivity contribution is 0.167. The molecule has 2 unspecified atom stereocenters. The largest absolute Gasteiger partial charge is 0.491 e. The van der Waals surface area contributed by atoms with Crippen molar-refractivity contribution in [3.8, 4) is 16.9 Å². The number of ether oxygens (including phenoxy) is 1. The summed E-state index contributed by atoms with van der Waals surface area (Å²) in [6.07, 6.45) is 1.69. The van der Waals surface area contributed by atoms with Crippen LogP contribution in [0.5, 0.6) is 5.75 Å². The average molecular weight is 521 g/mol. The first-order valence-corrected chi connectivity index (χ1v) is 12.1. The van der Waals surface area contributed by atoms with Crippen molar-refractivity contribution in [2.45, 2.75) is 51.6 Å². The molecule has 8 heteroatoms. The number of hydrogen-bond acceptors (Lipinski definition) is 2. The fourth-order valence-electron chi connectivity index (χ4n) is 4.75. The molecule has 0 aliphatic heterocycles. The Hall–Kier alpha value is -3.26. The van der Waals surface area contributed by atoms with Gasteiger partial charge < -0.3 is 9.84 Å². The van der Waals surface area contributed by atoms with Gasteiger partial charge in [0.1, 0.15) is 0 Å². The van der Waals surface area contributed by atoms with Crippen molar-refractivity contribution in [1.82, 2.24) is 0 Å². The number of rotatable bonds is 7. The minimum absolute atomic E-state index is 0.0282. The van der Waals surface area contributed by atoms with Crippen molar-refractivity contribution in [3.63, 3.8) is 0 Å². The first kappa shape index (κ1) is 26.8. The van der Waals surface area contributed by atoms with E-state index in [0.29, 0.717) is 12.0 Å². The molecule has 4 rings (SSSR count). The monoisotopic (exact) mass is 520 g/mol. The lowest BCUT2D eigenvalue weighted by Crippen LogP contribution is -2.10. The molecule has 1 aliphatic carbocycles. The molecular weight excluding hydrogens is 494 g/mol. The van der Waals surface area contributed by atoms with Crippen molar-refractivity contribution in [1.29, 1.82) is 0 Å². The zero-order valence-electron chi connectivity index (χ0n) is 20.4. The Kier molecular flexibility index (Phi) is 7.97. The Bertz CT molecular complexity index is 1350. The summed E-state index contributed by atoms with van der Waals surface area (Å²) in [5, 5.41) is 9.87. The number of benzene rings is 3. The number of allylic oxidation sites excluding steroid dienone is 2. The number of aliphatic hydroxyl groups excluding tert-OH is 1. The van der Waals surface area contributed by atoms with E-state index in [1.54, 1.807) is 19.9 Å². The van der Waals surface area contributed by atoms with Gasteiger partial charge >= 0.3 is 0 Å². The van der Waals surface area contributed by atoms with Gasteiger partial charge in [-0.3, -0.25) is 0 Å². The topological polar surface area (TPSA) is 29.5 Å². The van der Waals surface area contributed by atoms with Crippen molar-refractivity contribution in [2.24, 2.45) is 0 Å². The molecule has 196 valence electrons. The smallest absolute Gasteiger partial charge is 0.201 e. The van der Waals surface area contributed by atoms with Gasteiger partial charge in [-0.25, -0.2) is 22.0 Å². The van der Waals surface area contributed by atoms with E-state index in [0.717, 1.165) is 12.1 Å².